The van der Waals surface area contributed by atoms with Crippen molar-refractivity contribution in [3.8, 4) is 0 Å². The van der Waals surface area contributed by atoms with Gasteiger partial charge in [-0.25, -0.2) is 4.79 Å². The van der Waals surface area contributed by atoms with Gasteiger partial charge in [0.05, 0.1) is 11.3 Å². The maximum absolute atomic E-state index is 11.5. The number of anilines is 2. The lowest BCUT2D eigenvalue weighted by Gasteiger charge is -2.34. The van der Waals surface area contributed by atoms with E-state index >= 15 is 0 Å². The lowest BCUT2D eigenvalue weighted by Crippen LogP contribution is -2.44. The fraction of sp³-hybridized carbons (Fsp3) is 0.588. The van der Waals surface area contributed by atoms with Gasteiger partial charge >= 0.3 is 5.97 Å². The van der Waals surface area contributed by atoms with E-state index in [-0.39, 0.29) is 12.4 Å². The van der Waals surface area contributed by atoms with Crippen molar-refractivity contribution in [2.24, 2.45) is 0 Å². The fourth-order valence-electron chi connectivity index (χ4n) is 3.29. The Morgan fingerprint density at radius 2 is 2.04 bits per heavy atom. The van der Waals surface area contributed by atoms with Gasteiger partial charge in [0, 0.05) is 44.5 Å². The summed E-state index contributed by atoms with van der Waals surface area (Å²) in [6, 6.07) is 5.96. The Bertz CT molecular complexity index is 556. The average molecular weight is 355 g/mol. The lowest BCUT2D eigenvalue weighted by atomic mass is 10.1. The van der Waals surface area contributed by atoms with Crippen LogP contribution in [0.2, 0.25) is 0 Å². The molecule has 1 atom stereocenters. The first-order valence-electron chi connectivity index (χ1n) is 8.41. The Labute approximate surface area is 149 Å². The van der Waals surface area contributed by atoms with Crippen LogP contribution in [0, 0.1) is 0 Å². The number of piperidine rings is 1. The van der Waals surface area contributed by atoms with Crippen LogP contribution in [0.5, 0.6) is 0 Å². The van der Waals surface area contributed by atoms with Crippen molar-refractivity contribution in [2.45, 2.75) is 18.9 Å². The van der Waals surface area contributed by atoms with Crippen LogP contribution >= 0.6 is 12.4 Å². The number of carboxylic acid groups (broad SMARTS) is 1. The number of nitrogens with one attached hydrogen (secondary N) is 2. The van der Waals surface area contributed by atoms with E-state index in [1.165, 1.54) is 0 Å². The molecule has 2 saturated heterocycles. The first-order chi connectivity index (χ1) is 11.1. The van der Waals surface area contributed by atoms with Crippen LogP contribution in [0.4, 0.5) is 11.4 Å². The van der Waals surface area contributed by atoms with Gasteiger partial charge in [0.1, 0.15) is 0 Å². The molecule has 1 aromatic carbocycles. The van der Waals surface area contributed by atoms with Crippen molar-refractivity contribution in [1.29, 1.82) is 0 Å². The fourth-order valence-corrected chi connectivity index (χ4v) is 3.29. The normalized spacial score (nSPS) is 21.9. The minimum atomic E-state index is -0.874. The molecule has 0 amide bonds. The number of piperazine rings is 1. The molecule has 0 aliphatic carbocycles. The molecule has 1 aromatic rings. The summed E-state index contributed by atoms with van der Waals surface area (Å²) in [5, 5.41) is 16.3. The molecule has 2 heterocycles. The third-order valence-electron chi connectivity index (χ3n) is 4.76. The molecule has 3 rings (SSSR count). The summed E-state index contributed by atoms with van der Waals surface area (Å²) in [6.45, 7) is 5.97. The van der Waals surface area contributed by atoms with Gasteiger partial charge in [0.2, 0.25) is 0 Å². The van der Waals surface area contributed by atoms with Crippen LogP contribution in [0.25, 0.3) is 0 Å². The molecule has 1 unspecified atom stereocenters. The Morgan fingerprint density at radius 1 is 1.29 bits per heavy atom. The van der Waals surface area contributed by atoms with E-state index in [0.29, 0.717) is 11.6 Å². The summed E-state index contributed by atoms with van der Waals surface area (Å²) in [6.07, 6.45) is 2.20. The molecule has 134 valence electrons. The summed E-state index contributed by atoms with van der Waals surface area (Å²) >= 11 is 0. The van der Waals surface area contributed by atoms with E-state index in [4.69, 9.17) is 0 Å². The standard InChI is InChI=1S/C17H26N4O2.ClH/c1-20-7-9-21(10-8-20)14-4-5-15(17(22)23)16(11-14)19-13-3-2-6-18-12-13;/h4-5,11,13,18-19H,2-3,6-10,12H2,1H3,(H,22,23);1H. The highest BCUT2D eigenvalue weighted by molar-refractivity contribution is 5.95. The van der Waals surface area contributed by atoms with E-state index in [1.54, 1.807) is 6.07 Å². The first kappa shape index (κ1) is 18.8. The lowest BCUT2D eigenvalue weighted by molar-refractivity contribution is 0.0698. The maximum Gasteiger partial charge on any atom is 0.337 e. The first-order valence-corrected chi connectivity index (χ1v) is 8.41. The highest BCUT2D eigenvalue weighted by Crippen LogP contribution is 2.26. The van der Waals surface area contributed by atoms with Crippen LogP contribution in [0.1, 0.15) is 23.2 Å². The summed E-state index contributed by atoms with van der Waals surface area (Å²) in [5.41, 5.74) is 2.20. The molecule has 0 bridgehead atoms. The monoisotopic (exact) mass is 354 g/mol. The zero-order chi connectivity index (χ0) is 16.2. The van der Waals surface area contributed by atoms with Gasteiger partial charge in [0.25, 0.3) is 0 Å². The Hall–Kier alpha value is -1.50. The number of carbonyl (C=O) groups is 1. The molecule has 2 aliphatic heterocycles. The number of rotatable bonds is 4. The van der Waals surface area contributed by atoms with Crippen LogP contribution in [0.3, 0.4) is 0 Å². The zero-order valence-electron chi connectivity index (χ0n) is 14.1. The van der Waals surface area contributed by atoms with Gasteiger partial charge in [0.15, 0.2) is 0 Å². The molecule has 0 aromatic heterocycles. The Morgan fingerprint density at radius 3 is 2.67 bits per heavy atom. The van der Waals surface area contributed by atoms with Gasteiger partial charge in [-0.3, -0.25) is 0 Å². The number of carboxylic acids is 1. The summed E-state index contributed by atoms with van der Waals surface area (Å²) in [4.78, 5) is 16.2. The molecule has 0 saturated carbocycles. The predicted molar refractivity (Wildman–Crippen MR) is 99.9 cm³/mol. The van der Waals surface area contributed by atoms with E-state index in [9.17, 15) is 9.90 Å². The Balaban J connectivity index is 0.00000208. The second-order valence-electron chi connectivity index (χ2n) is 6.51. The quantitative estimate of drug-likeness (QED) is 0.765. The van der Waals surface area contributed by atoms with Crippen molar-refractivity contribution >= 4 is 29.8 Å². The van der Waals surface area contributed by atoms with Crippen LogP contribution in [-0.2, 0) is 0 Å². The van der Waals surface area contributed by atoms with Crippen molar-refractivity contribution < 1.29 is 9.90 Å². The minimum absolute atomic E-state index is 0. The summed E-state index contributed by atoms with van der Waals surface area (Å²) in [7, 11) is 2.13. The smallest absolute Gasteiger partial charge is 0.337 e. The van der Waals surface area contributed by atoms with Crippen molar-refractivity contribution in [3.05, 3.63) is 23.8 Å². The second kappa shape index (κ2) is 8.55. The molecule has 24 heavy (non-hydrogen) atoms. The van der Waals surface area contributed by atoms with Crippen molar-refractivity contribution in [1.82, 2.24) is 10.2 Å². The number of aromatic carboxylic acids is 1. The summed E-state index contributed by atoms with van der Waals surface area (Å²) in [5.74, 6) is -0.874. The zero-order valence-corrected chi connectivity index (χ0v) is 14.9. The van der Waals surface area contributed by atoms with Crippen LogP contribution in [0.15, 0.2) is 18.2 Å². The molecular formula is C17H27ClN4O2. The van der Waals surface area contributed by atoms with Crippen LogP contribution < -0.4 is 15.5 Å². The molecule has 6 nitrogen and oxygen atoms in total. The van der Waals surface area contributed by atoms with Gasteiger partial charge in [-0.1, -0.05) is 0 Å². The molecule has 7 heteroatoms. The largest absolute Gasteiger partial charge is 0.478 e. The highest BCUT2D eigenvalue weighted by Gasteiger charge is 2.20. The molecule has 0 spiro atoms. The van der Waals surface area contributed by atoms with Crippen molar-refractivity contribution in [3.63, 3.8) is 0 Å². The molecule has 3 N–H and O–H groups in total. The number of halogens is 1. The SMILES string of the molecule is CN1CCN(c2ccc(C(=O)O)c(NC3CCCNC3)c2)CC1.Cl. The summed E-state index contributed by atoms with van der Waals surface area (Å²) < 4.78 is 0. The Kier molecular flexibility index (Phi) is 6.71. The van der Waals surface area contributed by atoms with E-state index in [1.807, 2.05) is 12.1 Å². The minimum Gasteiger partial charge on any atom is -0.478 e. The number of nitrogens with zero attached hydrogens (tertiary/aromatic N) is 2. The van der Waals surface area contributed by atoms with Gasteiger partial charge in [-0.15, -0.1) is 12.4 Å². The highest BCUT2D eigenvalue weighted by atomic mass is 35.5. The average Bonchev–Trinajstić information content (AvgIpc) is 2.56. The maximum atomic E-state index is 11.5. The molecule has 2 fully saturated rings. The number of hydrogen-bond acceptors (Lipinski definition) is 5. The van der Waals surface area contributed by atoms with E-state index in [0.717, 1.165) is 63.5 Å². The molecular weight excluding hydrogens is 328 g/mol. The number of likely N-dealkylation sites (N-methyl/N-ethyl adjacent to an activating group) is 1. The predicted octanol–water partition coefficient (Wildman–Crippen LogP) is 1.72. The van der Waals surface area contributed by atoms with Crippen LogP contribution in [-0.4, -0.2) is 68.3 Å². The molecule has 0 radical (unpaired) electrons. The van der Waals surface area contributed by atoms with Gasteiger partial charge in [-0.05, 0) is 44.6 Å². The number of hydrogen-bond donors (Lipinski definition) is 3. The van der Waals surface area contributed by atoms with Gasteiger partial charge < -0.3 is 25.5 Å². The van der Waals surface area contributed by atoms with Crippen molar-refractivity contribution in [2.75, 3.05) is 56.5 Å². The molecule has 2 aliphatic rings. The third-order valence-corrected chi connectivity index (χ3v) is 4.76. The van der Waals surface area contributed by atoms with Gasteiger partial charge in [-0.2, -0.15) is 0 Å². The second-order valence-corrected chi connectivity index (χ2v) is 6.51. The third kappa shape index (κ3) is 4.53. The topological polar surface area (TPSA) is 67.8 Å². The van der Waals surface area contributed by atoms with E-state index < -0.39 is 5.97 Å². The number of benzene rings is 1. The van der Waals surface area contributed by atoms with E-state index in [2.05, 4.69) is 27.5 Å².